The lowest BCUT2D eigenvalue weighted by molar-refractivity contribution is -0.146. The second kappa shape index (κ2) is 9.29. The van der Waals surface area contributed by atoms with Crippen molar-refractivity contribution >= 4 is 17.6 Å². The number of ether oxygens (including phenoxy) is 1. The molecule has 0 unspecified atom stereocenters. The summed E-state index contributed by atoms with van der Waals surface area (Å²) in [7, 11) is 2.23. The van der Waals surface area contributed by atoms with E-state index in [9.17, 15) is 9.59 Å². The first-order chi connectivity index (χ1) is 14.1. The number of nitrogens with zero attached hydrogens (tertiary/aromatic N) is 1. The summed E-state index contributed by atoms with van der Waals surface area (Å²) in [5.41, 5.74) is 2.17. The van der Waals surface area contributed by atoms with Crippen LogP contribution in [0.25, 0.3) is 0 Å². The third-order valence-corrected chi connectivity index (χ3v) is 7.28. The zero-order chi connectivity index (χ0) is 20.2. The number of anilines is 1. The molecule has 1 aromatic rings. The van der Waals surface area contributed by atoms with Crippen molar-refractivity contribution in [2.75, 3.05) is 19.0 Å². The molecule has 2 saturated heterocycles. The highest BCUT2D eigenvalue weighted by atomic mass is 16.5. The van der Waals surface area contributed by atoms with Gasteiger partial charge in [0, 0.05) is 36.5 Å². The van der Waals surface area contributed by atoms with Crippen molar-refractivity contribution in [2.45, 2.75) is 82.2 Å². The molecule has 29 heavy (non-hydrogen) atoms. The number of piperidine rings is 1. The number of hydrogen-bond acceptors (Lipinski definition) is 4. The summed E-state index contributed by atoms with van der Waals surface area (Å²) in [6, 6.07) is 9.47. The van der Waals surface area contributed by atoms with Gasteiger partial charge in [0.2, 0.25) is 5.91 Å². The molecule has 5 nitrogen and oxygen atoms in total. The molecule has 0 aliphatic carbocycles. The number of rotatable bonds is 0. The van der Waals surface area contributed by atoms with Gasteiger partial charge in [-0.1, -0.05) is 31.4 Å². The Morgan fingerprint density at radius 1 is 0.966 bits per heavy atom. The fourth-order valence-corrected chi connectivity index (χ4v) is 5.57. The minimum absolute atomic E-state index is 0.0534. The summed E-state index contributed by atoms with van der Waals surface area (Å²) in [6.45, 7) is 0.518. The molecule has 0 radical (unpaired) electrons. The minimum atomic E-state index is -0.0534. The quantitative estimate of drug-likeness (QED) is 0.655. The third-order valence-electron chi connectivity index (χ3n) is 7.28. The van der Waals surface area contributed by atoms with Crippen molar-refractivity contribution in [3.8, 4) is 0 Å². The highest BCUT2D eigenvalue weighted by Crippen LogP contribution is 2.46. The molecule has 4 bridgehead atoms. The van der Waals surface area contributed by atoms with Gasteiger partial charge in [-0.15, -0.1) is 0 Å². The van der Waals surface area contributed by atoms with E-state index in [0.717, 1.165) is 44.2 Å². The molecular weight excluding hydrogens is 364 g/mol. The Hall–Kier alpha value is -1.88. The summed E-state index contributed by atoms with van der Waals surface area (Å²) < 4.78 is 5.79. The fraction of sp³-hybridized carbons (Fsp3) is 0.667. The lowest BCUT2D eigenvalue weighted by Crippen LogP contribution is -2.47. The van der Waals surface area contributed by atoms with E-state index in [2.05, 4.69) is 29.4 Å². The van der Waals surface area contributed by atoms with Gasteiger partial charge in [0.05, 0.1) is 6.61 Å². The summed E-state index contributed by atoms with van der Waals surface area (Å²) in [4.78, 5) is 27.0. The van der Waals surface area contributed by atoms with Gasteiger partial charge in [0.1, 0.15) is 0 Å². The van der Waals surface area contributed by atoms with Crippen LogP contribution in [-0.4, -0.2) is 42.5 Å². The van der Waals surface area contributed by atoms with Crippen LogP contribution < -0.4 is 5.32 Å². The van der Waals surface area contributed by atoms with Crippen molar-refractivity contribution in [2.24, 2.45) is 5.92 Å². The first-order valence-electron chi connectivity index (χ1n) is 11.4. The van der Waals surface area contributed by atoms with Gasteiger partial charge in [-0.25, -0.2) is 0 Å². The van der Waals surface area contributed by atoms with Crippen LogP contribution in [0, 0.1) is 5.92 Å². The number of nitrogens with one attached hydrogen (secondary N) is 1. The molecule has 5 rings (SSSR count). The molecule has 2 fully saturated rings. The van der Waals surface area contributed by atoms with Crippen LogP contribution in [-0.2, 0) is 14.3 Å². The molecule has 4 aliphatic heterocycles. The standard InChI is InChI=1S/C24H34N2O3/c1-26-19-13-14-22(26)21-16-29-24(28)8-6-4-2-3-5-7-23(27)25-18-11-9-17(10-12-18)20(21)15-19/h9-12,19-22H,2-8,13-16H2,1H3,(H,25,27)/t19-,20+,21-,22+/m0/s1. The summed E-state index contributed by atoms with van der Waals surface area (Å²) in [5.74, 6) is 0.780. The zero-order valence-electron chi connectivity index (χ0n) is 17.6. The molecule has 4 heterocycles. The Balaban J connectivity index is 1.54. The highest BCUT2D eigenvalue weighted by molar-refractivity contribution is 5.90. The van der Waals surface area contributed by atoms with Crippen LogP contribution in [0.1, 0.15) is 75.7 Å². The Morgan fingerprint density at radius 3 is 2.48 bits per heavy atom. The van der Waals surface area contributed by atoms with Crippen LogP contribution in [0.2, 0.25) is 0 Å². The van der Waals surface area contributed by atoms with Crippen molar-refractivity contribution in [3.63, 3.8) is 0 Å². The SMILES string of the molecule is CN1[C@H]2CC[C@@H]1[C@H]1COC(=O)CCCCCCCC(=O)Nc3ccc(cc3)[C@H]1C2. The molecule has 1 N–H and O–H groups in total. The third kappa shape index (κ3) is 4.82. The van der Waals surface area contributed by atoms with Crippen molar-refractivity contribution in [1.82, 2.24) is 4.90 Å². The number of benzene rings is 1. The maximum atomic E-state index is 12.3. The summed E-state index contributed by atoms with van der Waals surface area (Å²) >= 11 is 0. The van der Waals surface area contributed by atoms with Gasteiger partial charge in [0.15, 0.2) is 0 Å². The van der Waals surface area contributed by atoms with Crippen LogP contribution in [0.3, 0.4) is 0 Å². The molecule has 4 aliphatic rings. The van der Waals surface area contributed by atoms with Gasteiger partial charge < -0.3 is 15.0 Å². The molecular formula is C24H34N2O3. The van der Waals surface area contributed by atoms with Gasteiger partial charge in [-0.05, 0) is 62.8 Å². The van der Waals surface area contributed by atoms with E-state index in [1.54, 1.807) is 0 Å². The van der Waals surface area contributed by atoms with Crippen molar-refractivity contribution < 1.29 is 14.3 Å². The van der Waals surface area contributed by atoms with Gasteiger partial charge in [-0.2, -0.15) is 0 Å². The zero-order valence-corrected chi connectivity index (χ0v) is 17.6. The topological polar surface area (TPSA) is 58.6 Å². The second-order valence-electron chi connectivity index (χ2n) is 9.09. The first kappa shape index (κ1) is 20.4. The maximum absolute atomic E-state index is 12.3. The Labute approximate surface area is 174 Å². The second-order valence-corrected chi connectivity index (χ2v) is 9.09. The predicted molar refractivity (Wildman–Crippen MR) is 114 cm³/mol. The van der Waals surface area contributed by atoms with Crippen LogP contribution >= 0.6 is 0 Å². The Bertz CT molecular complexity index is 717. The summed E-state index contributed by atoms with van der Waals surface area (Å²) in [6.07, 6.45) is 9.50. The largest absolute Gasteiger partial charge is 0.465 e. The molecule has 5 heteroatoms. The van der Waals surface area contributed by atoms with Gasteiger partial charge in [0.25, 0.3) is 0 Å². The van der Waals surface area contributed by atoms with E-state index in [0.29, 0.717) is 43.4 Å². The van der Waals surface area contributed by atoms with E-state index < -0.39 is 0 Å². The molecule has 1 aromatic carbocycles. The molecule has 158 valence electrons. The van der Waals surface area contributed by atoms with Gasteiger partial charge >= 0.3 is 5.97 Å². The normalized spacial score (nSPS) is 32.0. The highest BCUT2D eigenvalue weighted by Gasteiger charge is 2.46. The molecule has 1 amide bonds. The molecule has 4 atom stereocenters. The average Bonchev–Trinajstić information content (AvgIpc) is 2.95. The number of hydrogen-bond donors (Lipinski definition) is 1. The summed E-state index contributed by atoms with van der Waals surface area (Å²) in [5, 5.41) is 3.04. The number of carbonyl (C=O) groups is 2. The molecule has 0 aromatic heterocycles. The Morgan fingerprint density at radius 2 is 1.69 bits per heavy atom. The maximum Gasteiger partial charge on any atom is 0.305 e. The molecule has 0 spiro atoms. The van der Waals surface area contributed by atoms with Gasteiger partial charge in [-0.3, -0.25) is 9.59 Å². The van der Waals surface area contributed by atoms with Crippen LogP contribution in [0.15, 0.2) is 24.3 Å². The Kier molecular flexibility index (Phi) is 6.53. The monoisotopic (exact) mass is 398 g/mol. The minimum Gasteiger partial charge on any atom is -0.465 e. The van der Waals surface area contributed by atoms with E-state index in [1.807, 2.05) is 12.1 Å². The van der Waals surface area contributed by atoms with Crippen LogP contribution in [0.5, 0.6) is 0 Å². The van der Waals surface area contributed by atoms with E-state index in [-0.39, 0.29) is 11.9 Å². The van der Waals surface area contributed by atoms with E-state index >= 15 is 0 Å². The lowest BCUT2D eigenvalue weighted by atomic mass is 9.76. The smallest absolute Gasteiger partial charge is 0.305 e. The van der Waals surface area contributed by atoms with Crippen molar-refractivity contribution in [3.05, 3.63) is 29.8 Å². The number of amides is 1. The fourth-order valence-electron chi connectivity index (χ4n) is 5.57. The molecule has 0 saturated carbocycles. The lowest BCUT2D eigenvalue weighted by Gasteiger charge is -2.43. The first-order valence-corrected chi connectivity index (χ1v) is 11.4. The van der Waals surface area contributed by atoms with E-state index in [1.165, 1.54) is 18.4 Å². The predicted octanol–water partition coefficient (Wildman–Crippen LogP) is 4.48. The van der Waals surface area contributed by atoms with Crippen LogP contribution in [0.4, 0.5) is 5.69 Å². The number of carbonyl (C=O) groups excluding carboxylic acids is 2. The number of esters is 1. The average molecular weight is 399 g/mol. The van der Waals surface area contributed by atoms with Crippen molar-refractivity contribution in [1.29, 1.82) is 0 Å². The van der Waals surface area contributed by atoms with E-state index in [4.69, 9.17) is 4.74 Å². The number of fused-ring (bicyclic) bond motifs is 15.